The molecular weight excluding hydrogens is 236 g/mol. The number of fused-ring (bicyclic) bond motifs is 1. The van der Waals surface area contributed by atoms with Crippen molar-refractivity contribution in [3.8, 4) is 0 Å². The molecule has 1 aromatic carbocycles. The summed E-state index contributed by atoms with van der Waals surface area (Å²) in [5, 5.41) is 8.52. The van der Waals surface area contributed by atoms with Gasteiger partial charge in [0, 0.05) is 31.1 Å². The van der Waals surface area contributed by atoms with Crippen LogP contribution in [0.5, 0.6) is 0 Å². The van der Waals surface area contributed by atoms with Gasteiger partial charge in [-0.1, -0.05) is 25.1 Å². The van der Waals surface area contributed by atoms with Crippen molar-refractivity contribution in [3.63, 3.8) is 0 Å². The van der Waals surface area contributed by atoms with E-state index in [0.29, 0.717) is 6.42 Å². The minimum atomic E-state index is 0.248. The van der Waals surface area contributed by atoms with Gasteiger partial charge in [0.1, 0.15) is 0 Å². The van der Waals surface area contributed by atoms with Crippen molar-refractivity contribution in [1.82, 2.24) is 9.88 Å². The maximum Gasteiger partial charge on any atom is 0.0918 e. The van der Waals surface area contributed by atoms with Gasteiger partial charge < -0.3 is 5.73 Å². The van der Waals surface area contributed by atoms with E-state index in [0.717, 1.165) is 25.2 Å². The van der Waals surface area contributed by atoms with E-state index >= 15 is 0 Å². The molecule has 0 aliphatic carbocycles. The molecule has 1 heterocycles. The topological polar surface area (TPSA) is 66.0 Å². The average molecular weight is 256 g/mol. The molecule has 1 aromatic heterocycles. The Bertz CT molecular complexity index is 560. The number of rotatable bonds is 6. The first-order chi connectivity index (χ1) is 9.20. The summed E-state index contributed by atoms with van der Waals surface area (Å²) in [6.45, 7) is 4.77. The van der Waals surface area contributed by atoms with Crippen LogP contribution in [0.2, 0.25) is 0 Å². The Morgan fingerprint density at radius 3 is 2.84 bits per heavy atom. The zero-order valence-corrected chi connectivity index (χ0v) is 11.3. The van der Waals surface area contributed by atoms with Crippen LogP contribution < -0.4 is 5.73 Å². The van der Waals surface area contributed by atoms with Gasteiger partial charge in [0.2, 0.25) is 0 Å². The van der Waals surface area contributed by atoms with Gasteiger partial charge in [-0.3, -0.25) is 15.3 Å². The van der Waals surface area contributed by atoms with Crippen LogP contribution in [-0.4, -0.2) is 28.8 Å². The third-order valence-electron chi connectivity index (χ3n) is 3.28. The quantitative estimate of drug-likeness (QED) is 0.616. The molecule has 0 unspecified atom stereocenters. The minimum Gasteiger partial charge on any atom is -0.388 e. The number of pyridine rings is 1. The van der Waals surface area contributed by atoms with Crippen molar-refractivity contribution in [2.75, 3.05) is 13.1 Å². The number of nitrogens with one attached hydrogen (secondary N) is 1. The Kier molecular flexibility index (Phi) is 4.47. The molecule has 0 aliphatic heterocycles. The molecule has 2 aromatic rings. The maximum absolute atomic E-state index is 7.31. The van der Waals surface area contributed by atoms with Gasteiger partial charge in [-0.2, -0.15) is 0 Å². The lowest BCUT2D eigenvalue weighted by Gasteiger charge is -2.20. The van der Waals surface area contributed by atoms with Crippen LogP contribution in [-0.2, 0) is 6.54 Å². The molecule has 19 heavy (non-hydrogen) atoms. The van der Waals surface area contributed by atoms with E-state index in [2.05, 4.69) is 28.9 Å². The lowest BCUT2D eigenvalue weighted by Crippen LogP contribution is -2.27. The van der Waals surface area contributed by atoms with E-state index in [9.17, 15) is 0 Å². The van der Waals surface area contributed by atoms with Gasteiger partial charge in [0.05, 0.1) is 11.4 Å². The summed E-state index contributed by atoms with van der Waals surface area (Å²) >= 11 is 0. The Morgan fingerprint density at radius 1 is 1.32 bits per heavy atom. The Balaban J connectivity index is 2.17. The second-order valence-electron chi connectivity index (χ2n) is 4.63. The van der Waals surface area contributed by atoms with Crippen molar-refractivity contribution in [3.05, 3.63) is 42.1 Å². The fourth-order valence-electron chi connectivity index (χ4n) is 2.16. The first-order valence-electron chi connectivity index (χ1n) is 6.58. The number of nitrogens with two attached hydrogens (primary N) is 1. The summed E-state index contributed by atoms with van der Waals surface area (Å²) in [6, 6.07) is 10.3. The first-order valence-corrected chi connectivity index (χ1v) is 6.58. The van der Waals surface area contributed by atoms with Crippen molar-refractivity contribution in [2.45, 2.75) is 19.9 Å². The van der Waals surface area contributed by atoms with Crippen LogP contribution in [0.1, 0.15) is 18.9 Å². The highest BCUT2D eigenvalue weighted by molar-refractivity contribution is 5.81. The van der Waals surface area contributed by atoms with Crippen LogP contribution >= 0.6 is 0 Å². The molecular formula is C15H20N4. The van der Waals surface area contributed by atoms with Crippen LogP contribution in [0.15, 0.2) is 36.5 Å². The predicted octanol–water partition coefficient (Wildman–Crippen LogP) is 2.38. The summed E-state index contributed by atoms with van der Waals surface area (Å²) in [4.78, 5) is 6.67. The predicted molar refractivity (Wildman–Crippen MR) is 79.2 cm³/mol. The van der Waals surface area contributed by atoms with Gasteiger partial charge >= 0.3 is 0 Å². The van der Waals surface area contributed by atoms with Crippen molar-refractivity contribution < 1.29 is 0 Å². The molecule has 0 amide bonds. The van der Waals surface area contributed by atoms with E-state index in [1.165, 1.54) is 10.9 Å². The van der Waals surface area contributed by atoms with E-state index in [1.54, 1.807) is 0 Å². The number of hydrogen-bond donors (Lipinski definition) is 2. The van der Waals surface area contributed by atoms with Crippen molar-refractivity contribution >= 4 is 16.7 Å². The number of aromatic nitrogens is 1. The lowest BCUT2D eigenvalue weighted by atomic mass is 10.1. The van der Waals surface area contributed by atoms with Crippen LogP contribution in [0.25, 0.3) is 10.9 Å². The highest BCUT2D eigenvalue weighted by atomic mass is 15.1. The van der Waals surface area contributed by atoms with E-state index in [1.807, 2.05) is 24.4 Å². The first kappa shape index (κ1) is 13.5. The minimum absolute atomic E-state index is 0.248. The molecule has 100 valence electrons. The van der Waals surface area contributed by atoms with E-state index < -0.39 is 0 Å². The smallest absolute Gasteiger partial charge is 0.0918 e. The zero-order valence-electron chi connectivity index (χ0n) is 11.3. The molecule has 4 nitrogen and oxygen atoms in total. The summed E-state index contributed by atoms with van der Waals surface area (Å²) in [5.74, 6) is 0.248. The normalized spacial score (nSPS) is 11.1. The van der Waals surface area contributed by atoms with Crippen molar-refractivity contribution in [1.29, 1.82) is 5.41 Å². The fourth-order valence-corrected chi connectivity index (χ4v) is 2.16. The number of para-hydroxylation sites is 1. The molecule has 0 saturated heterocycles. The number of nitrogens with zero attached hydrogens (tertiary/aromatic N) is 2. The van der Waals surface area contributed by atoms with E-state index in [-0.39, 0.29) is 5.84 Å². The molecule has 0 bridgehead atoms. The molecule has 0 fully saturated rings. The Labute approximate surface area is 113 Å². The number of benzene rings is 1. The van der Waals surface area contributed by atoms with Crippen LogP contribution in [0.4, 0.5) is 0 Å². The molecule has 0 saturated carbocycles. The van der Waals surface area contributed by atoms with Gasteiger partial charge in [-0.25, -0.2) is 0 Å². The maximum atomic E-state index is 7.31. The van der Waals surface area contributed by atoms with Crippen LogP contribution in [0.3, 0.4) is 0 Å². The molecule has 4 heteroatoms. The SMILES string of the molecule is CCN(CCC(=N)N)Cc1ccnc2ccccc12. The highest BCUT2D eigenvalue weighted by Gasteiger charge is 2.07. The highest BCUT2D eigenvalue weighted by Crippen LogP contribution is 2.17. The Hall–Kier alpha value is -1.94. The molecule has 2 rings (SSSR count). The van der Waals surface area contributed by atoms with Crippen molar-refractivity contribution in [2.24, 2.45) is 5.73 Å². The zero-order chi connectivity index (χ0) is 13.7. The summed E-state index contributed by atoms with van der Waals surface area (Å²) < 4.78 is 0. The fraction of sp³-hybridized carbons (Fsp3) is 0.333. The monoisotopic (exact) mass is 256 g/mol. The number of hydrogen-bond acceptors (Lipinski definition) is 3. The molecule has 0 spiro atoms. The average Bonchev–Trinajstić information content (AvgIpc) is 2.43. The second kappa shape index (κ2) is 6.29. The third kappa shape index (κ3) is 3.51. The third-order valence-corrected chi connectivity index (χ3v) is 3.28. The van der Waals surface area contributed by atoms with Crippen LogP contribution in [0, 0.1) is 5.41 Å². The number of amidine groups is 1. The lowest BCUT2D eigenvalue weighted by molar-refractivity contribution is 0.289. The Morgan fingerprint density at radius 2 is 2.11 bits per heavy atom. The van der Waals surface area contributed by atoms with Gasteiger partial charge in [0.25, 0.3) is 0 Å². The summed E-state index contributed by atoms with van der Waals surface area (Å²) in [7, 11) is 0. The summed E-state index contributed by atoms with van der Waals surface area (Å²) in [5.41, 5.74) is 7.73. The van der Waals surface area contributed by atoms with Gasteiger partial charge in [-0.15, -0.1) is 0 Å². The standard InChI is InChI=1S/C15H20N4/c1-2-19(10-8-15(16)17)11-12-7-9-18-14-6-4-3-5-13(12)14/h3-7,9H,2,8,10-11H2,1H3,(H3,16,17). The molecule has 3 N–H and O–H groups in total. The molecule has 0 atom stereocenters. The van der Waals surface area contributed by atoms with Gasteiger partial charge in [-0.05, 0) is 24.2 Å². The summed E-state index contributed by atoms with van der Waals surface area (Å²) in [6.07, 6.45) is 2.48. The molecule has 0 aliphatic rings. The van der Waals surface area contributed by atoms with Gasteiger partial charge in [0.15, 0.2) is 0 Å². The van der Waals surface area contributed by atoms with E-state index in [4.69, 9.17) is 11.1 Å². The molecule has 0 radical (unpaired) electrons. The largest absolute Gasteiger partial charge is 0.388 e. The second-order valence-corrected chi connectivity index (χ2v) is 4.63.